The first kappa shape index (κ1) is 12.3. The molecule has 4 nitrogen and oxygen atoms in total. The second-order valence-electron chi connectivity index (χ2n) is 5.63. The lowest BCUT2D eigenvalue weighted by atomic mass is 9.85. The van der Waals surface area contributed by atoms with Crippen LogP contribution in [0.5, 0.6) is 0 Å². The summed E-state index contributed by atoms with van der Waals surface area (Å²) in [7, 11) is 0. The molecular weight excluding hydrogens is 238 g/mol. The summed E-state index contributed by atoms with van der Waals surface area (Å²) in [5.74, 6) is 1.06. The van der Waals surface area contributed by atoms with Crippen molar-refractivity contribution in [3.05, 3.63) is 29.8 Å². The third-order valence-electron chi connectivity index (χ3n) is 4.61. The minimum atomic E-state index is 0.170. The molecule has 1 heterocycles. The lowest BCUT2D eigenvalue weighted by Gasteiger charge is -2.33. The van der Waals surface area contributed by atoms with E-state index in [2.05, 4.69) is 22.2 Å². The van der Waals surface area contributed by atoms with Crippen LogP contribution in [-0.2, 0) is 0 Å². The Morgan fingerprint density at radius 1 is 1.16 bits per heavy atom. The van der Waals surface area contributed by atoms with Gasteiger partial charge in [0.15, 0.2) is 5.84 Å². The Morgan fingerprint density at radius 2 is 1.89 bits per heavy atom. The first-order chi connectivity index (χ1) is 9.29. The summed E-state index contributed by atoms with van der Waals surface area (Å²) in [6.45, 7) is 1.16. The van der Waals surface area contributed by atoms with Crippen molar-refractivity contribution < 1.29 is 5.21 Å². The standard InChI is InChI=1S/C15H21N3O/c16-15(17-19)12-5-7-13(8-6-12)18-10-9-11-3-1-2-4-14(11)18/h5-8,11,14,19H,1-4,9-10H2,(H2,16,17). The highest BCUT2D eigenvalue weighted by Crippen LogP contribution is 2.38. The second kappa shape index (κ2) is 5.11. The number of nitrogens with two attached hydrogens (primary N) is 1. The summed E-state index contributed by atoms with van der Waals surface area (Å²) < 4.78 is 0. The van der Waals surface area contributed by atoms with Crippen molar-refractivity contribution in [1.29, 1.82) is 0 Å². The van der Waals surface area contributed by atoms with Crippen LogP contribution in [0, 0.1) is 5.92 Å². The third-order valence-corrected chi connectivity index (χ3v) is 4.61. The zero-order chi connectivity index (χ0) is 13.2. The van der Waals surface area contributed by atoms with Crippen molar-refractivity contribution in [1.82, 2.24) is 0 Å². The SMILES string of the molecule is N/C(=N/O)c1ccc(N2CCC3CCCCC32)cc1. The molecule has 2 aliphatic rings. The molecule has 2 unspecified atom stereocenters. The van der Waals surface area contributed by atoms with Crippen molar-refractivity contribution in [2.24, 2.45) is 16.8 Å². The lowest BCUT2D eigenvalue weighted by Crippen LogP contribution is -2.34. The fourth-order valence-electron chi connectivity index (χ4n) is 3.61. The number of hydrogen-bond donors (Lipinski definition) is 2. The molecule has 2 atom stereocenters. The number of rotatable bonds is 2. The molecule has 2 fully saturated rings. The predicted molar refractivity (Wildman–Crippen MR) is 76.7 cm³/mol. The number of benzene rings is 1. The average Bonchev–Trinajstić information content (AvgIpc) is 2.90. The van der Waals surface area contributed by atoms with Crippen LogP contribution in [0.15, 0.2) is 29.4 Å². The predicted octanol–water partition coefficient (Wildman–Crippen LogP) is 2.55. The minimum Gasteiger partial charge on any atom is -0.409 e. The molecule has 1 aliphatic carbocycles. The zero-order valence-electron chi connectivity index (χ0n) is 11.1. The smallest absolute Gasteiger partial charge is 0.170 e. The van der Waals surface area contributed by atoms with E-state index < -0.39 is 0 Å². The topological polar surface area (TPSA) is 61.9 Å². The number of hydrogen-bond acceptors (Lipinski definition) is 3. The maximum absolute atomic E-state index is 8.68. The molecule has 0 radical (unpaired) electrons. The van der Waals surface area contributed by atoms with E-state index in [9.17, 15) is 0 Å². The molecule has 4 heteroatoms. The number of anilines is 1. The zero-order valence-corrected chi connectivity index (χ0v) is 11.1. The summed E-state index contributed by atoms with van der Waals surface area (Å²) in [5.41, 5.74) is 7.63. The highest BCUT2D eigenvalue weighted by atomic mass is 16.4. The highest BCUT2D eigenvalue weighted by Gasteiger charge is 2.35. The van der Waals surface area contributed by atoms with Crippen molar-refractivity contribution in [2.45, 2.75) is 38.1 Å². The van der Waals surface area contributed by atoms with Gasteiger partial charge in [-0.3, -0.25) is 0 Å². The Balaban J connectivity index is 1.79. The Morgan fingerprint density at radius 3 is 2.63 bits per heavy atom. The molecule has 3 N–H and O–H groups in total. The van der Waals surface area contributed by atoms with E-state index >= 15 is 0 Å². The molecule has 0 amide bonds. The Bertz CT molecular complexity index is 469. The van der Waals surface area contributed by atoms with Crippen LogP contribution < -0.4 is 10.6 Å². The Kier molecular flexibility index (Phi) is 3.32. The molecule has 0 spiro atoms. The highest BCUT2D eigenvalue weighted by molar-refractivity contribution is 5.97. The molecule has 19 heavy (non-hydrogen) atoms. The third kappa shape index (κ3) is 2.27. The van der Waals surface area contributed by atoms with E-state index in [4.69, 9.17) is 10.9 Å². The number of oxime groups is 1. The lowest BCUT2D eigenvalue weighted by molar-refractivity contribution is 0.318. The summed E-state index contributed by atoms with van der Waals surface area (Å²) in [5, 5.41) is 11.7. The molecular formula is C15H21N3O. The van der Waals surface area contributed by atoms with Gasteiger partial charge < -0.3 is 15.8 Å². The van der Waals surface area contributed by atoms with Crippen molar-refractivity contribution in [3.63, 3.8) is 0 Å². The summed E-state index contributed by atoms with van der Waals surface area (Å²) in [6.07, 6.45) is 6.81. The van der Waals surface area contributed by atoms with Gasteiger partial charge in [0.1, 0.15) is 0 Å². The minimum absolute atomic E-state index is 0.170. The van der Waals surface area contributed by atoms with Gasteiger partial charge in [-0.1, -0.05) is 18.0 Å². The van der Waals surface area contributed by atoms with E-state index in [1.807, 2.05) is 12.1 Å². The van der Waals surface area contributed by atoms with Gasteiger partial charge in [0.25, 0.3) is 0 Å². The summed E-state index contributed by atoms with van der Waals surface area (Å²) >= 11 is 0. The van der Waals surface area contributed by atoms with Gasteiger partial charge in [0.05, 0.1) is 0 Å². The van der Waals surface area contributed by atoms with E-state index in [1.54, 1.807) is 0 Å². The summed E-state index contributed by atoms with van der Waals surface area (Å²) in [4.78, 5) is 2.54. The molecule has 0 aromatic heterocycles. The first-order valence-corrected chi connectivity index (χ1v) is 7.14. The monoisotopic (exact) mass is 259 g/mol. The van der Waals surface area contributed by atoms with E-state index in [1.165, 1.54) is 37.8 Å². The summed E-state index contributed by atoms with van der Waals surface area (Å²) in [6, 6.07) is 8.76. The van der Waals surface area contributed by atoms with E-state index in [0.717, 1.165) is 24.1 Å². The Labute approximate surface area is 113 Å². The first-order valence-electron chi connectivity index (χ1n) is 7.14. The van der Waals surface area contributed by atoms with Crippen LogP contribution in [0.3, 0.4) is 0 Å². The van der Waals surface area contributed by atoms with Crippen molar-refractivity contribution >= 4 is 11.5 Å². The number of nitrogens with zero attached hydrogens (tertiary/aromatic N) is 2. The van der Waals surface area contributed by atoms with Crippen LogP contribution in [0.1, 0.15) is 37.7 Å². The number of amidine groups is 1. The van der Waals surface area contributed by atoms with Gasteiger partial charge in [-0.2, -0.15) is 0 Å². The quantitative estimate of drug-likeness (QED) is 0.371. The van der Waals surface area contributed by atoms with Crippen LogP contribution in [0.4, 0.5) is 5.69 Å². The Hall–Kier alpha value is -1.71. The van der Waals surface area contributed by atoms with Gasteiger partial charge in [-0.15, -0.1) is 0 Å². The maximum atomic E-state index is 8.68. The molecule has 0 bridgehead atoms. The van der Waals surface area contributed by atoms with Gasteiger partial charge in [-0.25, -0.2) is 0 Å². The van der Waals surface area contributed by atoms with E-state index in [0.29, 0.717) is 0 Å². The average molecular weight is 259 g/mol. The van der Waals surface area contributed by atoms with Crippen LogP contribution in [0.25, 0.3) is 0 Å². The fourth-order valence-corrected chi connectivity index (χ4v) is 3.61. The van der Waals surface area contributed by atoms with Crippen molar-refractivity contribution in [3.8, 4) is 0 Å². The van der Waals surface area contributed by atoms with Gasteiger partial charge in [-0.05, 0) is 49.4 Å². The largest absolute Gasteiger partial charge is 0.409 e. The van der Waals surface area contributed by atoms with Crippen LogP contribution in [0.2, 0.25) is 0 Å². The normalized spacial score (nSPS) is 27.4. The maximum Gasteiger partial charge on any atom is 0.170 e. The molecule has 1 aromatic rings. The van der Waals surface area contributed by atoms with E-state index in [-0.39, 0.29) is 5.84 Å². The number of fused-ring (bicyclic) bond motifs is 1. The molecule has 3 rings (SSSR count). The molecule has 1 aromatic carbocycles. The molecule has 1 aliphatic heterocycles. The fraction of sp³-hybridized carbons (Fsp3) is 0.533. The van der Waals surface area contributed by atoms with Crippen molar-refractivity contribution in [2.75, 3.05) is 11.4 Å². The molecule has 1 saturated heterocycles. The second-order valence-corrected chi connectivity index (χ2v) is 5.63. The van der Waals surface area contributed by atoms with Gasteiger partial charge in [0.2, 0.25) is 0 Å². The van der Waals surface area contributed by atoms with Gasteiger partial charge >= 0.3 is 0 Å². The van der Waals surface area contributed by atoms with Crippen LogP contribution in [-0.4, -0.2) is 23.6 Å². The van der Waals surface area contributed by atoms with Crippen LogP contribution >= 0.6 is 0 Å². The van der Waals surface area contributed by atoms with Gasteiger partial charge in [0, 0.05) is 23.8 Å². The molecule has 102 valence electrons. The molecule has 1 saturated carbocycles.